The molecule has 1 aromatic carbocycles. The van der Waals surface area contributed by atoms with Crippen molar-refractivity contribution in [1.29, 1.82) is 0 Å². The maximum Gasteiger partial charge on any atom is 0.208 e. The van der Waals surface area contributed by atoms with Crippen LogP contribution in [0, 0.1) is 13.8 Å². The lowest BCUT2D eigenvalue weighted by atomic mass is 10.2. The Bertz CT molecular complexity index is 784. The van der Waals surface area contributed by atoms with Crippen LogP contribution >= 0.6 is 0 Å². The lowest BCUT2D eigenvalue weighted by molar-refractivity contribution is 0.335. The zero-order chi connectivity index (χ0) is 16.4. The maximum atomic E-state index is 5.99. The van der Waals surface area contributed by atoms with Gasteiger partial charge in [-0.2, -0.15) is 0 Å². The molecule has 0 spiro atoms. The number of aromatic nitrogens is 1. The molecule has 0 fully saturated rings. The van der Waals surface area contributed by atoms with Gasteiger partial charge >= 0.3 is 0 Å². The fourth-order valence-electron chi connectivity index (χ4n) is 2.49. The Kier molecular flexibility index (Phi) is 4.39. The van der Waals surface area contributed by atoms with Crippen LogP contribution in [0.1, 0.15) is 43.0 Å². The van der Waals surface area contributed by atoms with Crippen LogP contribution in [0.3, 0.4) is 0 Å². The standard InChI is InChI=1S/C18H22N2O3/c1-5-21-15-8-6-7-14-9-16(23-18(14)15)12(3)19-10-17-20-11(2)13(4)22-17/h6-9,12,19H,5,10H2,1-4H3/t12-/m0/s1. The van der Waals surface area contributed by atoms with Crippen LogP contribution in [-0.4, -0.2) is 11.6 Å². The second-order valence-electron chi connectivity index (χ2n) is 5.61. The van der Waals surface area contributed by atoms with Crippen LogP contribution in [-0.2, 0) is 6.54 Å². The quantitative estimate of drug-likeness (QED) is 0.735. The lowest BCUT2D eigenvalue weighted by Crippen LogP contribution is -2.17. The highest BCUT2D eigenvalue weighted by Gasteiger charge is 2.15. The molecule has 0 aliphatic heterocycles. The lowest BCUT2D eigenvalue weighted by Gasteiger charge is -2.09. The summed E-state index contributed by atoms with van der Waals surface area (Å²) in [6.07, 6.45) is 0. The molecule has 0 saturated heterocycles. The first kappa shape index (κ1) is 15.6. The average Bonchev–Trinajstić information content (AvgIpc) is 3.10. The molecule has 3 rings (SSSR count). The highest BCUT2D eigenvalue weighted by Crippen LogP contribution is 2.31. The number of para-hydroxylation sites is 1. The number of rotatable bonds is 6. The predicted molar refractivity (Wildman–Crippen MR) is 88.6 cm³/mol. The summed E-state index contributed by atoms with van der Waals surface area (Å²) >= 11 is 0. The molecule has 0 aliphatic carbocycles. The molecule has 1 N–H and O–H groups in total. The van der Waals surface area contributed by atoms with Gasteiger partial charge in [0.1, 0.15) is 11.5 Å². The molecule has 2 heterocycles. The molecule has 5 nitrogen and oxygen atoms in total. The zero-order valence-electron chi connectivity index (χ0n) is 14.0. The van der Waals surface area contributed by atoms with Crippen molar-refractivity contribution in [2.75, 3.05) is 6.61 Å². The summed E-state index contributed by atoms with van der Waals surface area (Å²) in [6, 6.07) is 8.02. The zero-order valence-corrected chi connectivity index (χ0v) is 14.0. The summed E-state index contributed by atoms with van der Waals surface area (Å²) in [7, 11) is 0. The number of nitrogens with zero attached hydrogens (tertiary/aromatic N) is 1. The third-order valence-electron chi connectivity index (χ3n) is 3.89. The van der Waals surface area contributed by atoms with Crippen LogP contribution in [0.25, 0.3) is 11.0 Å². The third kappa shape index (κ3) is 3.24. The molecule has 23 heavy (non-hydrogen) atoms. The van der Waals surface area contributed by atoms with Crippen LogP contribution in [0.4, 0.5) is 0 Å². The number of ether oxygens (including phenoxy) is 1. The van der Waals surface area contributed by atoms with Crippen LogP contribution in [0.2, 0.25) is 0 Å². The van der Waals surface area contributed by atoms with E-state index in [-0.39, 0.29) is 6.04 Å². The van der Waals surface area contributed by atoms with Gasteiger partial charge < -0.3 is 13.6 Å². The highest BCUT2D eigenvalue weighted by atomic mass is 16.5. The number of oxazole rings is 1. The van der Waals surface area contributed by atoms with Gasteiger partial charge in [0.05, 0.1) is 24.9 Å². The van der Waals surface area contributed by atoms with Crippen molar-refractivity contribution < 1.29 is 13.6 Å². The first-order chi connectivity index (χ1) is 11.1. The smallest absolute Gasteiger partial charge is 0.208 e. The summed E-state index contributed by atoms with van der Waals surface area (Å²) in [5.74, 6) is 3.20. The van der Waals surface area contributed by atoms with Gasteiger partial charge in [-0.25, -0.2) is 4.98 Å². The number of nitrogens with one attached hydrogen (secondary N) is 1. The molecule has 1 atom stereocenters. The molecule has 0 unspecified atom stereocenters. The van der Waals surface area contributed by atoms with Gasteiger partial charge in [0.25, 0.3) is 0 Å². The van der Waals surface area contributed by atoms with Crippen molar-refractivity contribution in [3.8, 4) is 5.75 Å². The summed E-state index contributed by atoms with van der Waals surface area (Å²) < 4.78 is 17.2. The second kappa shape index (κ2) is 6.46. The van der Waals surface area contributed by atoms with Crippen molar-refractivity contribution in [1.82, 2.24) is 10.3 Å². The van der Waals surface area contributed by atoms with E-state index in [2.05, 4.69) is 17.2 Å². The molecule has 122 valence electrons. The second-order valence-corrected chi connectivity index (χ2v) is 5.61. The first-order valence-electron chi connectivity index (χ1n) is 7.90. The predicted octanol–water partition coefficient (Wildman–Crippen LogP) is 4.29. The van der Waals surface area contributed by atoms with E-state index in [1.165, 1.54) is 0 Å². The van der Waals surface area contributed by atoms with Crippen LogP contribution in [0.5, 0.6) is 5.75 Å². The molecule has 5 heteroatoms. The maximum absolute atomic E-state index is 5.99. The molecule has 0 saturated carbocycles. The summed E-state index contributed by atoms with van der Waals surface area (Å²) in [5.41, 5.74) is 1.72. The Balaban J connectivity index is 1.75. The Morgan fingerprint density at radius 3 is 2.78 bits per heavy atom. The minimum Gasteiger partial charge on any atom is -0.490 e. The van der Waals surface area contributed by atoms with Gasteiger partial charge in [-0.05, 0) is 39.8 Å². The van der Waals surface area contributed by atoms with E-state index >= 15 is 0 Å². The average molecular weight is 314 g/mol. The monoisotopic (exact) mass is 314 g/mol. The molecule has 2 aromatic heterocycles. The van der Waals surface area contributed by atoms with Crippen molar-refractivity contribution in [3.63, 3.8) is 0 Å². The minimum atomic E-state index is 0.0457. The SMILES string of the molecule is CCOc1cccc2cc([C@H](C)NCc3nc(C)c(C)o3)oc12. The largest absolute Gasteiger partial charge is 0.490 e. The molecule has 0 bridgehead atoms. The van der Waals surface area contributed by atoms with E-state index in [0.717, 1.165) is 33.9 Å². The normalized spacial score (nSPS) is 12.7. The van der Waals surface area contributed by atoms with Gasteiger partial charge in [-0.1, -0.05) is 12.1 Å². The Labute approximate surface area is 135 Å². The molecule has 0 amide bonds. The molecule has 3 aromatic rings. The van der Waals surface area contributed by atoms with Crippen molar-refractivity contribution in [2.45, 2.75) is 40.3 Å². The van der Waals surface area contributed by atoms with E-state index in [4.69, 9.17) is 13.6 Å². The topological polar surface area (TPSA) is 60.4 Å². The Morgan fingerprint density at radius 1 is 1.26 bits per heavy atom. The van der Waals surface area contributed by atoms with Gasteiger partial charge in [0.15, 0.2) is 11.3 Å². The fraction of sp³-hybridized carbons (Fsp3) is 0.389. The third-order valence-corrected chi connectivity index (χ3v) is 3.89. The van der Waals surface area contributed by atoms with Gasteiger partial charge in [0.2, 0.25) is 5.89 Å². The van der Waals surface area contributed by atoms with Crippen molar-refractivity contribution in [2.24, 2.45) is 0 Å². The number of benzene rings is 1. The summed E-state index contributed by atoms with van der Waals surface area (Å²) in [6.45, 7) is 9.06. The van der Waals surface area contributed by atoms with Gasteiger partial charge in [-0.15, -0.1) is 0 Å². The molecular weight excluding hydrogens is 292 g/mol. The minimum absolute atomic E-state index is 0.0457. The van der Waals surface area contributed by atoms with Gasteiger partial charge in [0, 0.05) is 5.39 Å². The van der Waals surface area contributed by atoms with E-state index in [0.29, 0.717) is 19.0 Å². The van der Waals surface area contributed by atoms with E-state index in [1.807, 2.05) is 45.0 Å². The molecule has 0 radical (unpaired) electrons. The number of aryl methyl sites for hydroxylation is 2. The number of furan rings is 1. The Hall–Kier alpha value is -2.27. The fourth-order valence-corrected chi connectivity index (χ4v) is 2.49. The molecular formula is C18H22N2O3. The van der Waals surface area contributed by atoms with Crippen LogP contribution in [0.15, 0.2) is 33.1 Å². The van der Waals surface area contributed by atoms with Crippen molar-refractivity contribution in [3.05, 3.63) is 47.4 Å². The van der Waals surface area contributed by atoms with Crippen molar-refractivity contribution >= 4 is 11.0 Å². The number of hydrogen-bond acceptors (Lipinski definition) is 5. The Morgan fingerprint density at radius 2 is 2.09 bits per heavy atom. The van der Waals surface area contributed by atoms with E-state index in [1.54, 1.807) is 0 Å². The highest BCUT2D eigenvalue weighted by molar-refractivity contribution is 5.83. The van der Waals surface area contributed by atoms with Gasteiger partial charge in [-0.3, -0.25) is 5.32 Å². The summed E-state index contributed by atoms with van der Waals surface area (Å²) in [4.78, 5) is 4.38. The van der Waals surface area contributed by atoms with E-state index < -0.39 is 0 Å². The van der Waals surface area contributed by atoms with E-state index in [9.17, 15) is 0 Å². The molecule has 0 aliphatic rings. The summed E-state index contributed by atoms with van der Waals surface area (Å²) in [5, 5.41) is 4.42. The number of hydrogen-bond donors (Lipinski definition) is 1. The number of fused-ring (bicyclic) bond motifs is 1. The van der Waals surface area contributed by atoms with Crippen LogP contribution < -0.4 is 10.1 Å². The first-order valence-corrected chi connectivity index (χ1v) is 7.90.